The second-order valence-corrected chi connectivity index (χ2v) is 6.27. The zero-order valence-corrected chi connectivity index (χ0v) is 13.6. The molecule has 4 heteroatoms. The number of rotatable bonds is 4. The molecular formula is C18H19N3S. The Balaban J connectivity index is 1.92. The lowest BCUT2D eigenvalue weighted by Crippen LogP contribution is -1.99. The van der Waals surface area contributed by atoms with Crippen LogP contribution in [0, 0.1) is 6.92 Å². The third-order valence-electron chi connectivity index (χ3n) is 3.71. The summed E-state index contributed by atoms with van der Waals surface area (Å²) in [4.78, 5) is 1.28. The van der Waals surface area contributed by atoms with Crippen LogP contribution in [0.1, 0.15) is 11.1 Å². The molecule has 0 amide bonds. The van der Waals surface area contributed by atoms with E-state index in [2.05, 4.69) is 48.4 Å². The van der Waals surface area contributed by atoms with Crippen LogP contribution in [0.4, 0.5) is 5.82 Å². The summed E-state index contributed by atoms with van der Waals surface area (Å²) in [5, 5.41) is 4.59. The van der Waals surface area contributed by atoms with E-state index < -0.39 is 0 Å². The van der Waals surface area contributed by atoms with Crippen molar-refractivity contribution in [2.75, 3.05) is 5.73 Å². The Morgan fingerprint density at radius 3 is 2.45 bits per heavy atom. The maximum atomic E-state index is 6.23. The maximum Gasteiger partial charge on any atom is 0.126 e. The van der Waals surface area contributed by atoms with Gasteiger partial charge in [-0.15, -0.1) is 11.8 Å². The van der Waals surface area contributed by atoms with E-state index in [1.165, 1.54) is 10.5 Å². The van der Waals surface area contributed by atoms with Gasteiger partial charge in [0, 0.05) is 28.8 Å². The summed E-state index contributed by atoms with van der Waals surface area (Å²) in [6.45, 7) is 2.13. The Labute approximate surface area is 135 Å². The summed E-state index contributed by atoms with van der Waals surface area (Å²) < 4.78 is 1.76. The van der Waals surface area contributed by atoms with Gasteiger partial charge in [-0.25, -0.2) is 0 Å². The SMILES string of the molecule is Cc1ccccc1SCc1c(-c2ccccc2)nn(C)c1N. The first-order valence-electron chi connectivity index (χ1n) is 7.22. The van der Waals surface area contributed by atoms with E-state index in [4.69, 9.17) is 5.73 Å². The first-order valence-corrected chi connectivity index (χ1v) is 8.20. The van der Waals surface area contributed by atoms with Crippen molar-refractivity contribution < 1.29 is 0 Å². The Bertz CT molecular complexity index is 778. The molecule has 0 unspecified atom stereocenters. The van der Waals surface area contributed by atoms with Gasteiger partial charge in [-0.1, -0.05) is 48.5 Å². The van der Waals surface area contributed by atoms with E-state index in [1.54, 1.807) is 16.4 Å². The molecule has 0 fully saturated rings. The zero-order chi connectivity index (χ0) is 15.5. The molecule has 0 radical (unpaired) electrons. The minimum absolute atomic E-state index is 0.736. The fourth-order valence-corrected chi connectivity index (χ4v) is 3.47. The van der Waals surface area contributed by atoms with Gasteiger partial charge in [-0.05, 0) is 18.6 Å². The fraction of sp³-hybridized carbons (Fsp3) is 0.167. The average Bonchev–Trinajstić information content (AvgIpc) is 2.83. The number of nitrogens with two attached hydrogens (primary N) is 1. The third-order valence-corrected chi connectivity index (χ3v) is 4.91. The van der Waals surface area contributed by atoms with E-state index in [-0.39, 0.29) is 0 Å². The van der Waals surface area contributed by atoms with Crippen LogP contribution in [0.5, 0.6) is 0 Å². The largest absolute Gasteiger partial charge is 0.384 e. The molecule has 0 spiro atoms. The van der Waals surface area contributed by atoms with Crippen LogP contribution < -0.4 is 5.73 Å². The molecule has 0 atom stereocenters. The standard InChI is InChI=1S/C18H19N3S/c1-13-8-6-7-11-16(13)22-12-15-17(20-21(2)18(15)19)14-9-4-3-5-10-14/h3-11H,12,19H2,1-2H3. The highest BCUT2D eigenvalue weighted by Crippen LogP contribution is 2.33. The van der Waals surface area contributed by atoms with Crippen molar-refractivity contribution >= 4 is 17.6 Å². The van der Waals surface area contributed by atoms with Crippen LogP contribution in [0.2, 0.25) is 0 Å². The van der Waals surface area contributed by atoms with E-state index >= 15 is 0 Å². The number of nitrogen functional groups attached to an aromatic ring is 1. The summed E-state index contributed by atoms with van der Waals surface area (Å²) >= 11 is 1.80. The summed E-state index contributed by atoms with van der Waals surface area (Å²) in [5.41, 5.74) is 10.7. The van der Waals surface area contributed by atoms with Crippen LogP contribution >= 0.6 is 11.8 Å². The molecule has 2 N–H and O–H groups in total. The highest BCUT2D eigenvalue weighted by Gasteiger charge is 2.15. The van der Waals surface area contributed by atoms with Crippen molar-refractivity contribution in [3.8, 4) is 11.3 Å². The smallest absolute Gasteiger partial charge is 0.126 e. The van der Waals surface area contributed by atoms with Crippen molar-refractivity contribution in [2.45, 2.75) is 17.6 Å². The van der Waals surface area contributed by atoms with E-state index in [1.807, 2.05) is 25.2 Å². The normalized spacial score (nSPS) is 10.8. The molecule has 0 saturated carbocycles. The molecule has 3 nitrogen and oxygen atoms in total. The number of hydrogen-bond donors (Lipinski definition) is 1. The molecule has 2 aromatic carbocycles. The predicted molar refractivity (Wildman–Crippen MR) is 93.8 cm³/mol. The quantitative estimate of drug-likeness (QED) is 0.732. The van der Waals surface area contributed by atoms with Gasteiger partial charge < -0.3 is 5.73 Å². The Hall–Kier alpha value is -2.20. The van der Waals surface area contributed by atoms with E-state index in [0.29, 0.717) is 0 Å². The first kappa shape index (κ1) is 14.7. The van der Waals surface area contributed by atoms with Gasteiger partial charge in [0.15, 0.2) is 0 Å². The number of anilines is 1. The van der Waals surface area contributed by atoms with Gasteiger partial charge in [0.1, 0.15) is 5.82 Å². The molecule has 3 rings (SSSR count). The van der Waals surface area contributed by atoms with Crippen LogP contribution in [0.3, 0.4) is 0 Å². The van der Waals surface area contributed by atoms with Gasteiger partial charge in [0.25, 0.3) is 0 Å². The van der Waals surface area contributed by atoms with Gasteiger partial charge in [-0.2, -0.15) is 5.10 Å². The van der Waals surface area contributed by atoms with Crippen LogP contribution in [-0.2, 0) is 12.8 Å². The third kappa shape index (κ3) is 2.88. The summed E-state index contributed by atoms with van der Waals surface area (Å²) in [6.07, 6.45) is 0. The first-order chi connectivity index (χ1) is 10.7. The van der Waals surface area contributed by atoms with E-state index in [0.717, 1.165) is 28.4 Å². The molecule has 22 heavy (non-hydrogen) atoms. The van der Waals surface area contributed by atoms with Crippen molar-refractivity contribution in [2.24, 2.45) is 7.05 Å². The molecular weight excluding hydrogens is 290 g/mol. The van der Waals surface area contributed by atoms with Crippen molar-refractivity contribution in [1.82, 2.24) is 9.78 Å². The van der Waals surface area contributed by atoms with E-state index in [9.17, 15) is 0 Å². The minimum Gasteiger partial charge on any atom is -0.384 e. The highest BCUT2D eigenvalue weighted by atomic mass is 32.2. The molecule has 0 aliphatic heterocycles. The highest BCUT2D eigenvalue weighted by molar-refractivity contribution is 7.98. The minimum atomic E-state index is 0.736. The summed E-state index contributed by atoms with van der Waals surface area (Å²) in [7, 11) is 1.89. The second kappa shape index (κ2) is 6.28. The molecule has 0 aliphatic rings. The number of aryl methyl sites for hydroxylation is 2. The molecule has 112 valence electrons. The number of nitrogens with zero attached hydrogens (tertiary/aromatic N) is 2. The zero-order valence-electron chi connectivity index (χ0n) is 12.8. The second-order valence-electron chi connectivity index (χ2n) is 5.26. The summed E-state index contributed by atoms with van der Waals surface area (Å²) in [6, 6.07) is 18.6. The predicted octanol–water partition coefficient (Wildman–Crippen LogP) is 4.27. The molecule has 3 aromatic rings. The van der Waals surface area contributed by atoms with Gasteiger partial charge in [0.2, 0.25) is 0 Å². The number of thioether (sulfide) groups is 1. The van der Waals surface area contributed by atoms with Gasteiger partial charge in [-0.3, -0.25) is 4.68 Å². The number of aromatic nitrogens is 2. The summed E-state index contributed by atoms with van der Waals surface area (Å²) in [5.74, 6) is 1.55. The van der Waals surface area contributed by atoms with Crippen molar-refractivity contribution in [3.63, 3.8) is 0 Å². The topological polar surface area (TPSA) is 43.8 Å². The van der Waals surface area contributed by atoms with Crippen LogP contribution in [0.25, 0.3) is 11.3 Å². The maximum absolute atomic E-state index is 6.23. The van der Waals surface area contributed by atoms with Gasteiger partial charge in [0.05, 0.1) is 5.69 Å². The van der Waals surface area contributed by atoms with Crippen LogP contribution in [0.15, 0.2) is 59.5 Å². The monoisotopic (exact) mass is 309 g/mol. The van der Waals surface area contributed by atoms with Crippen molar-refractivity contribution in [3.05, 3.63) is 65.7 Å². The number of benzene rings is 2. The Morgan fingerprint density at radius 2 is 1.73 bits per heavy atom. The lowest BCUT2D eigenvalue weighted by Gasteiger charge is -2.07. The Kier molecular flexibility index (Phi) is 4.20. The number of hydrogen-bond acceptors (Lipinski definition) is 3. The molecule has 0 saturated heterocycles. The fourth-order valence-electron chi connectivity index (χ4n) is 2.42. The lowest BCUT2D eigenvalue weighted by atomic mass is 10.1. The van der Waals surface area contributed by atoms with Crippen LogP contribution in [-0.4, -0.2) is 9.78 Å². The molecule has 0 aliphatic carbocycles. The lowest BCUT2D eigenvalue weighted by molar-refractivity contribution is 0.782. The molecule has 1 heterocycles. The van der Waals surface area contributed by atoms with Crippen molar-refractivity contribution in [1.29, 1.82) is 0 Å². The Morgan fingerprint density at radius 1 is 1.05 bits per heavy atom. The van der Waals surface area contributed by atoms with Gasteiger partial charge >= 0.3 is 0 Å². The molecule has 0 bridgehead atoms. The molecule has 1 aromatic heterocycles. The average molecular weight is 309 g/mol.